The van der Waals surface area contributed by atoms with E-state index in [4.69, 9.17) is 5.73 Å². The third-order valence-corrected chi connectivity index (χ3v) is 2.45. The molecule has 0 amide bonds. The van der Waals surface area contributed by atoms with Crippen molar-refractivity contribution in [3.8, 4) is 0 Å². The average Bonchev–Trinajstić information content (AvgIpc) is 2.56. The standard InChI is InChI=1S/C10H22N4/c1-3-12-10(11)13-9(2)8-14-6-4-5-7-14/h9H,3-8H2,1-2H3,(H3,11,12,13). The van der Waals surface area contributed by atoms with Crippen LogP contribution in [0.5, 0.6) is 0 Å². The number of guanidine groups is 1. The van der Waals surface area contributed by atoms with Gasteiger partial charge in [0.05, 0.1) is 0 Å². The summed E-state index contributed by atoms with van der Waals surface area (Å²) < 4.78 is 0. The molecular formula is C10H22N4. The smallest absolute Gasteiger partial charge is 0.188 e. The van der Waals surface area contributed by atoms with Gasteiger partial charge in [0, 0.05) is 19.1 Å². The van der Waals surface area contributed by atoms with Crippen molar-refractivity contribution in [2.45, 2.75) is 32.7 Å². The molecule has 1 aliphatic rings. The fourth-order valence-electron chi connectivity index (χ4n) is 1.87. The van der Waals surface area contributed by atoms with Gasteiger partial charge in [-0.05, 0) is 39.8 Å². The Hall–Kier alpha value is -0.770. The Kier molecular flexibility index (Phi) is 4.73. The maximum atomic E-state index is 5.68. The van der Waals surface area contributed by atoms with Crippen LogP contribution in [0.3, 0.4) is 0 Å². The topological polar surface area (TPSA) is 53.6 Å². The van der Waals surface area contributed by atoms with Gasteiger partial charge in [0.25, 0.3) is 0 Å². The third-order valence-electron chi connectivity index (χ3n) is 2.45. The number of nitrogens with one attached hydrogen (secondary N) is 1. The highest BCUT2D eigenvalue weighted by Gasteiger charge is 2.14. The Morgan fingerprint density at radius 2 is 2.14 bits per heavy atom. The minimum Gasteiger partial charge on any atom is -0.370 e. The van der Waals surface area contributed by atoms with E-state index in [9.17, 15) is 0 Å². The van der Waals surface area contributed by atoms with Crippen molar-refractivity contribution >= 4 is 5.96 Å². The largest absolute Gasteiger partial charge is 0.370 e. The van der Waals surface area contributed by atoms with Crippen molar-refractivity contribution in [1.29, 1.82) is 0 Å². The first kappa shape index (κ1) is 11.3. The number of nitrogens with two attached hydrogens (primary N) is 1. The Labute approximate surface area is 86.6 Å². The fraction of sp³-hybridized carbons (Fsp3) is 0.900. The molecule has 1 fully saturated rings. The lowest BCUT2D eigenvalue weighted by Crippen LogP contribution is -2.44. The molecule has 1 saturated heterocycles. The van der Waals surface area contributed by atoms with Crippen molar-refractivity contribution in [3.63, 3.8) is 0 Å². The molecule has 1 unspecified atom stereocenters. The molecule has 4 heteroatoms. The molecule has 0 radical (unpaired) electrons. The second-order valence-corrected chi connectivity index (χ2v) is 3.91. The van der Waals surface area contributed by atoms with Gasteiger partial charge in [-0.1, -0.05) is 0 Å². The molecule has 3 N–H and O–H groups in total. The molecule has 14 heavy (non-hydrogen) atoms. The number of nitrogens with zero attached hydrogens (tertiary/aromatic N) is 2. The SMILES string of the molecule is CCN=C(N)NC(C)CN1CCCC1. The first-order valence-electron chi connectivity index (χ1n) is 5.51. The summed E-state index contributed by atoms with van der Waals surface area (Å²) in [5.41, 5.74) is 5.68. The lowest BCUT2D eigenvalue weighted by atomic mass is 10.3. The number of hydrogen-bond donors (Lipinski definition) is 2. The summed E-state index contributed by atoms with van der Waals surface area (Å²) in [6.07, 6.45) is 2.68. The summed E-state index contributed by atoms with van der Waals surface area (Å²) in [7, 11) is 0. The Morgan fingerprint density at radius 1 is 1.50 bits per heavy atom. The summed E-state index contributed by atoms with van der Waals surface area (Å²) in [5, 5.41) is 3.19. The van der Waals surface area contributed by atoms with Gasteiger partial charge in [-0.15, -0.1) is 0 Å². The molecule has 0 bridgehead atoms. The van der Waals surface area contributed by atoms with Crippen LogP contribution in [0, 0.1) is 0 Å². The van der Waals surface area contributed by atoms with E-state index in [0.717, 1.165) is 13.1 Å². The third kappa shape index (κ3) is 3.96. The van der Waals surface area contributed by atoms with Crippen LogP contribution < -0.4 is 11.1 Å². The second-order valence-electron chi connectivity index (χ2n) is 3.91. The van der Waals surface area contributed by atoms with E-state index in [-0.39, 0.29) is 0 Å². The van der Waals surface area contributed by atoms with Gasteiger partial charge in [-0.25, -0.2) is 0 Å². The Morgan fingerprint density at radius 3 is 2.71 bits per heavy atom. The van der Waals surface area contributed by atoms with Crippen molar-refractivity contribution in [3.05, 3.63) is 0 Å². The second kappa shape index (κ2) is 5.86. The highest BCUT2D eigenvalue weighted by Crippen LogP contribution is 2.07. The lowest BCUT2D eigenvalue weighted by Gasteiger charge is -2.21. The minimum absolute atomic E-state index is 0.392. The molecule has 0 spiro atoms. The quantitative estimate of drug-likeness (QED) is 0.508. The van der Waals surface area contributed by atoms with Crippen LogP contribution in [0.1, 0.15) is 26.7 Å². The minimum atomic E-state index is 0.392. The van der Waals surface area contributed by atoms with E-state index in [2.05, 4.69) is 22.1 Å². The summed E-state index contributed by atoms with van der Waals surface area (Å²) in [6.45, 7) is 8.42. The highest BCUT2D eigenvalue weighted by atomic mass is 15.2. The molecule has 0 aliphatic carbocycles. The fourth-order valence-corrected chi connectivity index (χ4v) is 1.87. The van der Waals surface area contributed by atoms with E-state index < -0.39 is 0 Å². The summed E-state index contributed by atoms with van der Waals surface area (Å²) in [6, 6.07) is 0.392. The number of aliphatic imine (C=N–C) groups is 1. The van der Waals surface area contributed by atoms with Crippen LogP contribution >= 0.6 is 0 Å². The molecule has 0 saturated carbocycles. The van der Waals surface area contributed by atoms with Crippen LogP contribution in [-0.4, -0.2) is 43.1 Å². The maximum absolute atomic E-state index is 5.68. The molecule has 0 aromatic rings. The van der Waals surface area contributed by atoms with Gasteiger partial charge in [-0.3, -0.25) is 4.99 Å². The Balaban J connectivity index is 2.20. The van der Waals surface area contributed by atoms with Crippen molar-refractivity contribution < 1.29 is 0 Å². The molecule has 1 rings (SSSR count). The molecule has 1 atom stereocenters. The van der Waals surface area contributed by atoms with Gasteiger partial charge in [0.2, 0.25) is 0 Å². The number of rotatable bonds is 4. The van der Waals surface area contributed by atoms with Gasteiger partial charge < -0.3 is 16.0 Å². The molecular weight excluding hydrogens is 176 g/mol. The van der Waals surface area contributed by atoms with Crippen molar-refractivity contribution in [2.75, 3.05) is 26.2 Å². The molecule has 0 aromatic heterocycles. The van der Waals surface area contributed by atoms with E-state index in [1.807, 2.05) is 6.92 Å². The number of hydrogen-bond acceptors (Lipinski definition) is 2. The van der Waals surface area contributed by atoms with Gasteiger partial charge in [-0.2, -0.15) is 0 Å². The predicted octanol–water partition coefficient (Wildman–Crippen LogP) is 0.395. The van der Waals surface area contributed by atoms with Crippen LogP contribution in [0.2, 0.25) is 0 Å². The molecule has 1 aliphatic heterocycles. The van der Waals surface area contributed by atoms with Crippen LogP contribution in [0.15, 0.2) is 4.99 Å². The van der Waals surface area contributed by atoms with E-state index in [1.54, 1.807) is 0 Å². The van der Waals surface area contributed by atoms with E-state index >= 15 is 0 Å². The van der Waals surface area contributed by atoms with Crippen molar-refractivity contribution in [1.82, 2.24) is 10.2 Å². The van der Waals surface area contributed by atoms with Crippen LogP contribution in [0.25, 0.3) is 0 Å². The first-order chi connectivity index (χ1) is 6.72. The van der Waals surface area contributed by atoms with Gasteiger partial charge in [0.15, 0.2) is 5.96 Å². The normalized spacial score (nSPS) is 21.1. The van der Waals surface area contributed by atoms with Crippen LogP contribution in [0.4, 0.5) is 0 Å². The zero-order chi connectivity index (χ0) is 10.4. The summed E-state index contributed by atoms with van der Waals surface area (Å²) >= 11 is 0. The zero-order valence-electron chi connectivity index (χ0n) is 9.29. The van der Waals surface area contributed by atoms with E-state index in [0.29, 0.717) is 12.0 Å². The predicted molar refractivity (Wildman–Crippen MR) is 60.4 cm³/mol. The highest BCUT2D eigenvalue weighted by molar-refractivity contribution is 5.78. The zero-order valence-corrected chi connectivity index (χ0v) is 9.29. The Bertz CT molecular complexity index is 185. The first-order valence-corrected chi connectivity index (χ1v) is 5.51. The van der Waals surface area contributed by atoms with Gasteiger partial charge in [0.1, 0.15) is 0 Å². The van der Waals surface area contributed by atoms with Crippen molar-refractivity contribution in [2.24, 2.45) is 10.7 Å². The lowest BCUT2D eigenvalue weighted by molar-refractivity contribution is 0.311. The molecule has 1 heterocycles. The van der Waals surface area contributed by atoms with E-state index in [1.165, 1.54) is 25.9 Å². The number of likely N-dealkylation sites (tertiary alicyclic amines) is 1. The summed E-state index contributed by atoms with van der Waals surface area (Å²) in [5.74, 6) is 0.569. The molecule has 4 nitrogen and oxygen atoms in total. The van der Waals surface area contributed by atoms with Crippen LogP contribution in [-0.2, 0) is 0 Å². The van der Waals surface area contributed by atoms with Gasteiger partial charge >= 0.3 is 0 Å². The average molecular weight is 198 g/mol. The molecule has 82 valence electrons. The summed E-state index contributed by atoms with van der Waals surface area (Å²) in [4.78, 5) is 6.57. The monoisotopic (exact) mass is 198 g/mol. The molecule has 0 aromatic carbocycles. The maximum Gasteiger partial charge on any atom is 0.188 e.